The number of carbonyl (C=O) groups excluding carboxylic acids is 1. The zero-order valence-corrected chi connectivity index (χ0v) is 12.8. The summed E-state index contributed by atoms with van der Waals surface area (Å²) in [4.78, 5) is 12.3. The molecule has 2 unspecified atom stereocenters. The lowest BCUT2D eigenvalue weighted by molar-refractivity contribution is 0.0863. The van der Waals surface area contributed by atoms with Crippen LogP contribution in [0.4, 0.5) is 4.39 Å². The molecular weight excluding hydrogens is 277 g/mol. The predicted molar refractivity (Wildman–Crippen MR) is 79.7 cm³/mol. The first kappa shape index (κ1) is 15.3. The third kappa shape index (κ3) is 3.14. The van der Waals surface area contributed by atoms with Crippen LogP contribution in [0.3, 0.4) is 0 Å². The van der Waals surface area contributed by atoms with Crippen molar-refractivity contribution >= 4 is 17.5 Å². The van der Waals surface area contributed by atoms with Gasteiger partial charge in [-0.15, -0.1) is 11.6 Å². The summed E-state index contributed by atoms with van der Waals surface area (Å²) >= 11 is 6.10. The highest BCUT2D eigenvalue weighted by Gasteiger charge is 2.36. The van der Waals surface area contributed by atoms with E-state index in [1.165, 1.54) is 6.07 Å². The van der Waals surface area contributed by atoms with Crippen LogP contribution in [0.1, 0.15) is 48.5 Å². The van der Waals surface area contributed by atoms with Gasteiger partial charge >= 0.3 is 0 Å². The van der Waals surface area contributed by atoms with Gasteiger partial charge in [-0.05, 0) is 37.3 Å². The lowest BCUT2D eigenvalue weighted by Crippen LogP contribution is -2.52. The zero-order valence-electron chi connectivity index (χ0n) is 12.0. The molecule has 0 aliphatic heterocycles. The standard InChI is InChI=1S/C16H21ClFNO/c1-11-5-4-8-16(9-11,10-17)19-15(20)13-7-3-6-12(2)14(13)18/h3,6-7,11H,4-5,8-10H2,1-2H3,(H,19,20). The Labute approximate surface area is 124 Å². The van der Waals surface area contributed by atoms with E-state index in [0.29, 0.717) is 17.4 Å². The highest BCUT2D eigenvalue weighted by molar-refractivity contribution is 6.19. The summed E-state index contributed by atoms with van der Waals surface area (Å²) in [5, 5.41) is 2.99. The average Bonchev–Trinajstić information content (AvgIpc) is 2.41. The number of halogens is 2. The smallest absolute Gasteiger partial charge is 0.254 e. The Morgan fingerprint density at radius 1 is 1.55 bits per heavy atom. The van der Waals surface area contributed by atoms with Crippen LogP contribution in [0.2, 0.25) is 0 Å². The number of rotatable bonds is 3. The van der Waals surface area contributed by atoms with Crippen molar-refractivity contribution in [2.75, 3.05) is 5.88 Å². The Hall–Kier alpha value is -1.09. The molecule has 1 N–H and O–H groups in total. The molecule has 2 atom stereocenters. The molecule has 0 bridgehead atoms. The van der Waals surface area contributed by atoms with E-state index in [9.17, 15) is 9.18 Å². The van der Waals surface area contributed by atoms with Crippen molar-refractivity contribution in [3.8, 4) is 0 Å². The first-order chi connectivity index (χ1) is 9.47. The second kappa shape index (κ2) is 6.13. The maximum Gasteiger partial charge on any atom is 0.254 e. The van der Waals surface area contributed by atoms with Gasteiger partial charge in [-0.25, -0.2) is 4.39 Å². The number of aryl methyl sites for hydroxylation is 1. The molecular formula is C16H21ClFNO. The molecule has 0 radical (unpaired) electrons. The molecule has 2 rings (SSSR count). The number of hydrogen-bond donors (Lipinski definition) is 1. The molecule has 4 heteroatoms. The fourth-order valence-electron chi connectivity index (χ4n) is 3.06. The van der Waals surface area contributed by atoms with E-state index in [1.54, 1.807) is 19.1 Å². The summed E-state index contributed by atoms with van der Waals surface area (Å²) in [6, 6.07) is 4.88. The van der Waals surface area contributed by atoms with Crippen LogP contribution in [-0.4, -0.2) is 17.3 Å². The molecule has 1 aromatic rings. The van der Waals surface area contributed by atoms with Crippen molar-refractivity contribution in [3.05, 3.63) is 35.1 Å². The van der Waals surface area contributed by atoms with Crippen molar-refractivity contribution < 1.29 is 9.18 Å². The Morgan fingerprint density at radius 3 is 2.95 bits per heavy atom. The summed E-state index contributed by atoms with van der Waals surface area (Å²) in [7, 11) is 0. The summed E-state index contributed by atoms with van der Waals surface area (Å²) in [5.41, 5.74) is 0.189. The van der Waals surface area contributed by atoms with Crippen molar-refractivity contribution in [2.45, 2.75) is 45.1 Å². The van der Waals surface area contributed by atoms with Gasteiger partial charge < -0.3 is 5.32 Å². The van der Waals surface area contributed by atoms with Gasteiger partial charge in [0.25, 0.3) is 5.91 Å². The molecule has 2 nitrogen and oxygen atoms in total. The van der Waals surface area contributed by atoms with E-state index in [-0.39, 0.29) is 11.5 Å². The van der Waals surface area contributed by atoms with Crippen LogP contribution in [0.25, 0.3) is 0 Å². The van der Waals surface area contributed by atoms with Crippen molar-refractivity contribution in [3.63, 3.8) is 0 Å². The van der Waals surface area contributed by atoms with Crippen molar-refractivity contribution in [1.29, 1.82) is 0 Å². The minimum atomic E-state index is -0.446. The van der Waals surface area contributed by atoms with Gasteiger partial charge in [0.05, 0.1) is 11.1 Å². The van der Waals surface area contributed by atoms with Crippen LogP contribution in [0.5, 0.6) is 0 Å². The van der Waals surface area contributed by atoms with E-state index in [2.05, 4.69) is 12.2 Å². The summed E-state index contributed by atoms with van der Waals surface area (Å²) in [5.74, 6) is 0.0981. The number of carbonyl (C=O) groups is 1. The molecule has 1 aliphatic rings. The van der Waals surface area contributed by atoms with E-state index < -0.39 is 11.4 Å². The van der Waals surface area contributed by atoms with Crippen LogP contribution >= 0.6 is 11.6 Å². The Balaban J connectivity index is 2.19. The minimum absolute atomic E-state index is 0.104. The molecule has 20 heavy (non-hydrogen) atoms. The largest absolute Gasteiger partial charge is 0.345 e. The van der Waals surface area contributed by atoms with Crippen LogP contribution in [0, 0.1) is 18.7 Å². The second-order valence-corrected chi connectivity index (χ2v) is 6.27. The maximum atomic E-state index is 14.0. The van der Waals surface area contributed by atoms with Crippen LogP contribution in [-0.2, 0) is 0 Å². The average molecular weight is 298 g/mol. The van der Waals surface area contributed by atoms with Gasteiger partial charge in [-0.1, -0.05) is 31.9 Å². The maximum absolute atomic E-state index is 14.0. The van der Waals surface area contributed by atoms with Crippen molar-refractivity contribution in [1.82, 2.24) is 5.32 Å². The van der Waals surface area contributed by atoms with Gasteiger partial charge in [0.1, 0.15) is 5.82 Å². The molecule has 0 aromatic heterocycles. The van der Waals surface area contributed by atoms with Crippen LogP contribution in [0.15, 0.2) is 18.2 Å². The first-order valence-corrected chi connectivity index (χ1v) is 7.64. The zero-order chi connectivity index (χ0) is 14.8. The molecule has 1 aliphatic carbocycles. The normalized spacial score (nSPS) is 26.3. The minimum Gasteiger partial charge on any atom is -0.345 e. The number of amides is 1. The highest BCUT2D eigenvalue weighted by Crippen LogP contribution is 2.33. The molecule has 1 fully saturated rings. The molecule has 0 heterocycles. The fraction of sp³-hybridized carbons (Fsp3) is 0.562. The van der Waals surface area contributed by atoms with Crippen molar-refractivity contribution in [2.24, 2.45) is 5.92 Å². The van der Waals surface area contributed by atoms with Gasteiger partial charge in [0.15, 0.2) is 0 Å². The molecule has 1 saturated carbocycles. The monoisotopic (exact) mass is 297 g/mol. The molecule has 0 saturated heterocycles. The fourth-order valence-corrected chi connectivity index (χ4v) is 3.37. The van der Waals surface area contributed by atoms with Gasteiger partial charge in [0.2, 0.25) is 0 Å². The summed E-state index contributed by atoms with van der Waals surface area (Å²) < 4.78 is 14.0. The number of alkyl halides is 1. The summed E-state index contributed by atoms with van der Waals surface area (Å²) in [6.07, 6.45) is 3.92. The molecule has 1 aromatic carbocycles. The third-order valence-corrected chi connectivity index (χ3v) is 4.67. The lowest BCUT2D eigenvalue weighted by Gasteiger charge is -2.39. The quantitative estimate of drug-likeness (QED) is 0.838. The third-order valence-electron chi connectivity index (χ3n) is 4.16. The number of hydrogen-bond acceptors (Lipinski definition) is 1. The second-order valence-electron chi connectivity index (χ2n) is 6.01. The SMILES string of the molecule is Cc1cccc(C(=O)NC2(CCl)CCCC(C)C2)c1F. The van der Waals surface area contributed by atoms with E-state index in [0.717, 1.165) is 25.7 Å². The predicted octanol–water partition coefficient (Wildman–Crippen LogP) is 4.05. The first-order valence-electron chi connectivity index (χ1n) is 7.11. The number of nitrogens with one attached hydrogen (secondary N) is 1. The van der Waals surface area contributed by atoms with E-state index >= 15 is 0 Å². The lowest BCUT2D eigenvalue weighted by atomic mass is 9.77. The summed E-state index contributed by atoms with van der Waals surface area (Å²) in [6.45, 7) is 3.83. The van der Waals surface area contributed by atoms with Crippen LogP contribution < -0.4 is 5.32 Å². The van der Waals surface area contributed by atoms with E-state index in [1.807, 2.05) is 0 Å². The topological polar surface area (TPSA) is 29.1 Å². The van der Waals surface area contributed by atoms with Gasteiger partial charge in [0, 0.05) is 5.88 Å². The molecule has 0 spiro atoms. The molecule has 1 amide bonds. The molecule has 110 valence electrons. The Kier molecular flexibility index (Phi) is 4.69. The Bertz CT molecular complexity index is 505. The van der Waals surface area contributed by atoms with E-state index in [4.69, 9.17) is 11.6 Å². The van der Waals surface area contributed by atoms with Gasteiger partial charge in [-0.2, -0.15) is 0 Å². The Morgan fingerprint density at radius 2 is 2.30 bits per heavy atom. The van der Waals surface area contributed by atoms with Gasteiger partial charge in [-0.3, -0.25) is 4.79 Å². The number of benzene rings is 1. The highest BCUT2D eigenvalue weighted by atomic mass is 35.5.